The first-order valence-electron chi connectivity index (χ1n) is 14.9. The summed E-state index contributed by atoms with van der Waals surface area (Å²) in [4.78, 5) is 40.7. The molecular weight excluding hydrogens is 707 g/mol. The fourth-order valence-electron chi connectivity index (χ4n) is 4.94. The minimum atomic E-state index is -4.68. The molecule has 3 aromatic heterocycles. The first-order chi connectivity index (χ1) is 24.3. The average molecular weight is 738 g/mol. The molecule has 51 heavy (non-hydrogen) atoms. The van der Waals surface area contributed by atoms with Crippen molar-refractivity contribution in [3.05, 3.63) is 102 Å². The van der Waals surface area contributed by atoms with Crippen LogP contribution >= 0.6 is 0 Å². The van der Waals surface area contributed by atoms with E-state index >= 15 is 0 Å². The lowest BCUT2D eigenvalue weighted by Crippen LogP contribution is -2.36. The summed E-state index contributed by atoms with van der Waals surface area (Å²) in [5.74, 6) is -1.61. The number of fused-ring (bicyclic) bond motifs is 1. The summed E-state index contributed by atoms with van der Waals surface area (Å²) in [6.45, 7) is 1.35. The van der Waals surface area contributed by atoms with Crippen molar-refractivity contribution in [3.63, 3.8) is 0 Å². The highest BCUT2D eigenvalue weighted by Crippen LogP contribution is 2.41. The summed E-state index contributed by atoms with van der Waals surface area (Å²) in [5, 5.41) is 13.7. The van der Waals surface area contributed by atoms with Gasteiger partial charge in [-0.3, -0.25) is 9.72 Å². The van der Waals surface area contributed by atoms with Gasteiger partial charge in [0.25, 0.3) is 10.0 Å². The number of aliphatic carboxylic acids is 1. The van der Waals surface area contributed by atoms with E-state index in [9.17, 15) is 26.4 Å². The number of carbonyl (C=O) groups excluding carboxylic acids is 1. The second-order valence-electron chi connectivity index (χ2n) is 10.6. The fourth-order valence-corrected chi connectivity index (χ4v) is 7.60. The third-order valence-corrected chi connectivity index (χ3v) is 10.5. The Balaban J connectivity index is 0.000000216. The molecule has 2 amide bonds. The number of methoxy groups -OCH3 is 2. The molecule has 4 heterocycles. The second kappa shape index (κ2) is 14.8. The number of ether oxygens (including phenoxy) is 2. The number of carboxylic acids is 1. The highest BCUT2D eigenvalue weighted by molar-refractivity contribution is 7.93. The summed E-state index contributed by atoms with van der Waals surface area (Å²) >= 11 is 0. The number of benzene rings is 2. The minimum Gasteiger partial charge on any atom is -0.481 e. The molecule has 5 aromatic rings. The summed E-state index contributed by atoms with van der Waals surface area (Å²) in [7, 11) is -6.04. The molecular formula is C32H31N7O10S2. The Bertz CT molecular complexity index is 2250. The van der Waals surface area contributed by atoms with Crippen LogP contribution in [0, 0.1) is 0 Å². The van der Waals surface area contributed by atoms with Crippen LogP contribution in [0.25, 0.3) is 5.65 Å². The molecule has 0 spiro atoms. The molecule has 6 rings (SSSR count). The number of nitrogens with one attached hydrogen (secondary N) is 2. The van der Waals surface area contributed by atoms with E-state index in [1.807, 2.05) is 60.7 Å². The monoisotopic (exact) mass is 737 g/mol. The summed E-state index contributed by atoms with van der Waals surface area (Å²) in [5.41, 5.74) is 1.06. The SMILES string of the molecule is CCS(=O)(=O)c1nc2ccccn2c1S(=O)(=O)NC(=O)Nc1nc(OC)cc(OC)n1.O=C(O)C1=NOC(c2ccccc2)(c2ccccc2)C1. The number of hydrogen-bond donors (Lipinski definition) is 3. The van der Waals surface area contributed by atoms with Crippen LogP contribution in [0.5, 0.6) is 11.8 Å². The van der Waals surface area contributed by atoms with Crippen molar-refractivity contribution in [2.24, 2.45) is 5.16 Å². The van der Waals surface area contributed by atoms with Crippen molar-refractivity contribution in [2.75, 3.05) is 25.3 Å². The number of hydrogen-bond acceptors (Lipinski definition) is 13. The van der Waals surface area contributed by atoms with Crippen LogP contribution < -0.4 is 19.5 Å². The minimum absolute atomic E-state index is 0.0395. The molecule has 266 valence electrons. The number of imidazole rings is 1. The zero-order chi connectivity index (χ0) is 36.8. The van der Waals surface area contributed by atoms with E-state index in [-0.39, 0.29) is 41.2 Å². The van der Waals surface area contributed by atoms with Gasteiger partial charge in [-0.25, -0.2) is 27.7 Å². The van der Waals surface area contributed by atoms with Gasteiger partial charge < -0.3 is 19.4 Å². The second-order valence-corrected chi connectivity index (χ2v) is 14.4. The first-order valence-corrected chi connectivity index (χ1v) is 18.1. The lowest BCUT2D eigenvalue weighted by Gasteiger charge is -2.27. The summed E-state index contributed by atoms with van der Waals surface area (Å²) < 4.78 is 63.5. The molecule has 0 fully saturated rings. The van der Waals surface area contributed by atoms with Gasteiger partial charge in [0.05, 0.1) is 32.5 Å². The summed E-state index contributed by atoms with van der Waals surface area (Å²) in [6.07, 6.45) is 1.54. The molecule has 0 bridgehead atoms. The van der Waals surface area contributed by atoms with Crippen LogP contribution in [0.4, 0.5) is 10.7 Å². The maximum Gasteiger partial charge on any atom is 0.353 e. The number of sulfone groups is 1. The van der Waals surface area contributed by atoms with E-state index in [0.717, 1.165) is 15.5 Å². The molecule has 1 aliphatic rings. The van der Waals surface area contributed by atoms with Crippen LogP contribution in [0.2, 0.25) is 0 Å². The van der Waals surface area contributed by atoms with Crippen molar-refractivity contribution in [1.29, 1.82) is 0 Å². The molecule has 2 aromatic carbocycles. The van der Waals surface area contributed by atoms with Gasteiger partial charge in [-0.05, 0) is 12.1 Å². The molecule has 19 heteroatoms. The lowest BCUT2D eigenvalue weighted by molar-refractivity contribution is -0.129. The Morgan fingerprint density at radius 2 is 1.45 bits per heavy atom. The van der Waals surface area contributed by atoms with Crippen molar-refractivity contribution >= 4 is 49.2 Å². The zero-order valence-corrected chi connectivity index (χ0v) is 28.9. The Labute approximate surface area is 291 Å². The number of carboxylic acid groups (broad SMARTS) is 1. The van der Waals surface area contributed by atoms with Crippen LogP contribution in [-0.2, 0) is 35.1 Å². The standard InChI is InChI=1S/C16H18N6O7S2.C16H13NO3/c1-4-30(24,25)13-14(22-8-6-5-7-10(22)17-13)31(26,27)21-16(23)20-15-18-11(28-2)9-12(19-15)29-3;18-15(19)14-11-16(20-17-14,12-7-3-1-4-8-12)13-9-5-2-6-10-13/h5-9H,4H2,1-3H3,(H2,18,19,20,21,23);1-10H,11H2,(H,18,19). The predicted molar refractivity (Wildman–Crippen MR) is 182 cm³/mol. The van der Waals surface area contributed by atoms with Crippen LogP contribution in [0.15, 0.2) is 106 Å². The van der Waals surface area contributed by atoms with Gasteiger partial charge in [0.1, 0.15) is 5.65 Å². The highest BCUT2D eigenvalue weighted by Gasteiger charge is 2.44. The van der Waals surface area contributed by atoms with Crippen LogP contribution in [0.3, 0.4) is 0 Å². The first kappa shape index (κ1) is 36.2. The number of sulfonamides is 1. The molecule has 0 radical (unpaired) electrons. The van der Waals surface area contributed by atoms with E-state index < -0.39 is 47.5 Å². The zero-order valence-electron chi connectivity index (χ0n) is 27.2. The Kier molecular flexibility index (Phi) is 10.5. The van der Waals surface area contributed by atoms with E-state index in [4.69, 9.17) is 19.4 Å². The maximum atomic E-state index is 13.0. The number of pyridine rings is 1. The third kappa shape index (κ3) is 7.73. The van der Waals surface area contributed by atoms with Crippen molar-refractivity contribution in [2.45, 2.75) is 29.0 Å². The molecule has 0 saturated heterocycles. The normalized spacial score (nSPS) is 13.6. The maximum absolute atomic E-state index is 13.0. The average Bonchev–Trinajstić information content (AvgIpc) is 3.77. The number of anilines is 1. The lowest BCUT2D eigenvalue weighted by atomic mass is 9.82. The van der Waals surface area contributed by atoms with Crippen LogP contribution in [0.1, 0.15) is 24.5 Å². The van der Waals surface area contributed by atoms with E-state index in [0.29, 0.717) is 0 Å². The topological polar surface area (TPSA) is 230 Å². The van der Waals surface area contributed by atoms with Gasteiger partial charge >= 0.3 is 12.0 Å². The van der Waals surface area contributed by atoms with Crippen molar-refractivity contribution in [3.8, 4) is 11.8 Å². The van der Waals surface area contributed by atoms with Gasteiger partial charge in [0.15, 0.2) is 31.2 Å². The quantitative estimate of drug-likeness (QED) is 0.187. The molecule has 17 nitrogen and oxygen atoms in total. The third-order valence-electron chi connectivity index (χ3n) is 7.39. The van der Waals surface area contributed by atoms with E-state index in [2.05, 4.69) is 25.4 Å². The number of rotatable bonds is 10. The number of amides is 2. The summed E-state index contributed by atoms with van der Waals surface area (Å²) in [6, 6.07) is 23.7. The number of nitrogens with zero attached hydrogens (tertiary/aromatic N) is 5. The van der Waals surface area contributed by atoms with Crippen molar-refractivity contribution < 1.29 is 45.8 Å². The van der Waals surface area contributed by atoms with E-state index in [1.165, 1.54) is 45.5 Å². The van der Waals surface area contributed by atoms with E-state index in [1.54, 1.807) is 10.8 Å². The smallest absolute Gasteiger partial charge is 0.353 e. The Hall–Kier alpha value is -6.08. The van der Waals surface area contributed by atoms with Gasteiger partial charge in [0.2, 0.25) is 17.7 Å². The molecule has 0 aliphatic carbocycles. The van der Waals surface area contributed by atoms with Crippen LogP contribution in [-0.4, -0.2) is 79.0 Å². The highest BCUT2D eigenvalue weighted by atomic mass is 32.2. The number of urea groups is 1. The van der Waals surface area contributed by atoms with Gasteiger partial charge in [-0.2, -0.15) is 18.4 Å². The molecule has 3 N–H and O–H groups in total. The number of carbonyl (C=O) groups is 2. The largest absolute Gasteiger partial charge is 0.481 e. The molecule has 0 saturated carbocycles. The van der Waals surface area contributed by atoms with Gasteiger partial charge in [-0.1, -0.05) is 78.8 Å². The number of aromatic nitrogens is 4. The Morgan fingerprint density at radius 1 is 0.882 bits per heavy atom. The van der Waals surface area contributed by atoms with Gasteiger partial charge in [-0.15, -0.1) is 0 Å². The Morgan fingerprint density at radius 3 is 1.96 bits per heavy atom. The molecule has 1 aliphatic heterocycles. The predicted octanol–water partition coefficient (Wildman–Crippen LogP) is 3.24. The number of oxime groups is 1. The molecule has 0 atom stereocenters. The fraction of sp³-hybridized carbons (Fsp3) is 0.188. The molecule has 0 unspecified atom stereocenters. The van der Waals surface area contributed by atoms with Gasteiger partial charge in [0, 0.05) is 17.3 Å². The van der Waals surface area contributed by atoms with Crippen molar-refractivity contribution in [1.82, 2.24) is 24.1 Å².